The van der Waals surface area contributed by atoms with Crippen LogP contribution in [-0.2, 0) is 4.79 Å². The van der Waals surface area contributed by atoms with Gasteiger partial charge in [0.25, 0.3) is 5.91 Å². The van der Waals surface area contributed by atoms with Crippen LogP contribution in [0.3, 0.4) is 0 Å². The summed E-state index contributed by atoms with van der Waals surface area (Å²) >= 11 is 0. The number of hydrogen-bond acceptors (Lipinski definition) is 4. The minimum absolute atomic E-state index is 0.0280. The normalized spacial score (nSPS) is 11.8. The summed E-state index contributed by atoms with van der Waals surface area (Å²) in [6.07, 6.45) is 2.66. The molecule has 0 saturated carbocycles. The minimum Gasteiger partial charge on any atom is -0.490 e. The van der Waals surface area contributed by atoms with Crippen molar-refractivity contribution >= 4 is 17.7 Å². The van der Waals surface area contributed by atoms with E-state index in [1.165, 1.54) is 5.56 Å². The molecule has 1 atom stereocenters. The maximum Gasteiger partial charge on any atom is 0.266 e. The molecule has 168 valence electrons. The van der Waals surface area contributed by atoms with Gasteiger partial charge >= 0.3 is 0 Å². The number of ether oxygens (including phenoxy) is 2. The highest BCUT2D eigenvalue weighted by Gasteiger charge is 2.09. The molecule has 0 aliphatic rings. The van der Waals surface area contributed by atoms with Crippen LogP contribution in [0.2, 0.25) is 0 Å². The van der Waals surface area contributed by atoms with Crippen LogP contribution in [0.15, 0.2) is 84.4 Å². The van der Waals surface area contributed by atoms with E-state index in [0.29, 0.717) is 30.6 Å². The second-order valence-corrected chi connectivity index (χ2v) is 7.63. The number of amides is 1. The Kier molecular flexibility index (Phi) is 8.67. The van der Waals surface area contributed by atoms with E-state index in [1.807, 2.05) is 36.4 Å². The number of carbonyl (C=O) groups excluding carboxylic acids is 1. The third kappa shape index (κ3) is 7.26. The Morgan fingerprint density at radius 3 is 2.06 bits per heavy atom. The number of nitrogens with one attached hydrogen (secondary N) is 1. The lowest BCUT2D eigenvalue weighted by Gasteiger charge is -2.11. The molecule has 33 heavy (non-hydrogen) atoms. The van der Waals surface area contributed by atoms with Crippen molar-refractivity contribution < 1.29 is 14.3 Å². The van der Waals surface area contributed by atoms with Gasteiger partial charge in [0.15, 0.2) is 0 Å². The van der Waals surface area contributed by atoms with Crippen LogP contribution in [0, 0.1) is 11.3 Å². The molecule has 3 rings (SSSR count). The Hall–Kier alpha value is -4.04. The van der Waals surface area contributed by atoms with Gasteiger partial charge in [-0.05, 0) is 65.9 Å². The molecule has 1 amide bonds. The summed E-state index contributed by atoms with van der Waals surface area (Å²) in [5.74, 6) is 1.61. The van der Waals surface area contributed by atoms with Gasteiger partial charge in [-0.3, -0.25) is 4.79 Å². The second-order valence-electron chi connectivity index (χ2n) is 7.63. The summed E-state index contributed by atoms with van der Waals surface area (Å²) in [6.45, 7) is 5.24. The third-order valence-corrected chi connectivity index (χ3v) is 5.27. The van der Waals surface area contributed by atoms with E-state index >= 15 is 0 Å². The molecule has 0 heterocycles. The first kappa shape index (κ1) is 23.6. The zero-order valence-electron chi connectivity index (χ0n) is 19.0. The van der Waals surface area contributed by atoms with Gasteiger partial charge in [-0.2, -0.15) is 5.26 Å². The molecular weight excluding hydrogens is 412 g/mol. The highest BCUT2D eigenvalue weighted by molar-refractivity contribution is 6.09. The number of nitrogens with zero attached hydrogens (tertiary/aromatic N) is 1. The molecule has 0 fully saturated rings. The van der Waals surface area contributed by atoms with E-state index < -0.39 is 5.91 Å². The van der Waals surface area contributed by atoms with E-state index in [-0.39, 0.29) is 5.57 Å². The predicted octanol–water partition coefficient (Wildman–Crippen LogP) is 6.20. The summed E-state index contributed by atoms with van der Waals surface area (Å²) in [7, 11) is 0. The Bertz CT molecular complexity index is 1100. The van der Waals surface area contributed by atoms with E-state index in [0.717, 1.165) is 17.7 Å². The molecule has 1 N–H and O–H groups in total. The average molecular weight is 441 g/mol. The summed E-state index contributed by atoms with van der Waals surface area (Å²) in [5, 5.41) is 12.1. The highest BCUT2D eigenvalue weighted by Crippen LogP contribution is 2.21. The summed E-state index contributed by atoms with van der Waals surface area (Å²) in [6, 6.07) is 26.4. The molecule has 0 radical (unpaired) electrons. The van der Waals surface area contributed by atoms with Crippen LogP contribution in [0.25, 0.3) is 6.08 Å². The second kappa shape index (κ2) is 12.1. The average Bonchev–Trinajstić information content (AvgIpc) is 2.86. The standard InChI is InChI=1S/C28H28N2O3/c1-3-21(2)23-11-15-27(16-12-23)33-18-17-32-26-13-9-22(10-14-26)19-24(20-29)28(31)30-25-7-5-4-6-8-25/h4-16,19,21H,3,17-18H2,1-2H3,(H,30,31)/b24-19+/t21-/m0/s1. The number of para-hydroxylation sites is 1. The van der Waals surface area contributed by atoms with Crippen LogP contribution < -0.4 is 14.8 Å². The van der Waals surface area contributed by atoms with Crippen molar-refractivity contribution in [3.8, 4) is 17.6 Å². The van der Waals surface area contributed by atoms with Gasteiger partial charge in [-0.1, -0.05) is 56.3 Å². The van der Waals surface area contributed by atoms with Crippen LogP contribution in [0.1, 0.15) is 37.3 Å². The van der Waals surface area contributed by atoms with Crippen LogP contribution >= 0.6 is 0 Å². The minimum atomic E-state index is -0.446. The number of benzene rings is 3. The molecule has 0 bridgehead atoms. The third-order valence-electron chi connectivity index (χ3n) is 5.27. The summed E-state index contributed by atoms with van der Waals surface area (Å²) in [5.41, 5.74) is 2.72. The monoisotopic (exact) mass is 440 g/mol. The van der Waals surface area contributed by atoms with Crippen molar-refractivity contribution in [3.05, 3.63) is 95.6 Å². The van der Waals surface area contributed by atoms with Crippen LogP contribution in [0.5, 0.6) is 11.5 Å². The summed E-state index contributed by atoms with van der Waals surface area (Å²) < 4.78 is 11.5. The van der Waals surface area contributed by atoms with Gasteiger partial charge in [0, 0.05) is 5.69 Å². The van der Waals surface area contributed by atoms with Crippen LogP contribution in [-0.4, -0.2) is 19.1 Å². The molecule has 0 saturated heterocycles. The van der Waals surface area contributed by atoms with E-state index in [2.05, 4.69) is 31.3 Å². The van der Waals surface area contributed by atoms with Crippen molar-refractivity contribution in [1.82, 2.24) is 0 Å². The van der Waals surface area contributed by atoms with E-state index in [4.69, 9.17) is 9.47 Å². The van der Waals surface area contributed by atoms with E-state index in [9.17, 15) is 10.1 Å². The summed E-state index contributed by atoms with van der Waals surface area (Å²) in [4.78, 5) is 12.3. The Morgan fingerprint density at radius 1 is 0.939 bits per heavy atom. The van der Waals surface area contributed by atoms with Crippen molar-refractivity contribution in [2.24, 2.45) is 0 Å². The van der Waals surface area contributed by atoms with Gasteiger partial charge in [0.05, 0.1) is 0 Å². The Balaban J connectivity index is 1.48. The molecule has 5 heteroatoms. The molecule has 3 aromatic carbocycles. The lowest BCUT2D eigenvalue weighted by molar-refractivity contribution is -0.112. The van der Waals surface area contributed by atoms with Gasteiger partial charge in [0.2, 0.25) is 0 Å². The number of hydrogen-bond donors (Lipinski definition) is 1. The molecule has 0 spiro atoms. The van der Waals surface area contributed by atoms with Gasteiger partial charge < -0.3 is 14.8 Å². The van der Waals surface area contributed by atoms with Crippen molar-refractivity contribution in [3.63, 3.8) is 0 Å². The fraction of sp³-hybridized carbons (Fsp3) is 0.214. The zero-order chi connectivity index (χ0) is 23.5. The molecule has 0 aromatic heterocycles. The van der Waals surface area contributed by atoms with Crippen molar-refractivity contribution in [2.45, 2.75) is 26.2 Å². The first-order valence-electron chi connectivity index (χ1n) is 11.0. The number of anilines is 1. The SMILES string of the molecule is CC[C@H](C)c1ccc(OCCOc2ccc(/C=C(\C#N)C(=O)Nc3ccccc3)cc2)cc1. The molecule has 5 nitrogen and oxygen atoms in total. The lowest BCUT2D eigenvalue weighted by Crippen LogP contribution is -2.13. The van der Waals surface area contributed by atoms with Crippen LogP contribution in [0.4, 0.5) is 5.69 Å². The van der Waals surface area contributed by atoms with Crippen molar-refractivity contribution in [2.75, 3.05) is 18.5 Å². The Morgan fingerprint density at radius 2 is 1.52 bits per heavy atom. The first-order valence-corrected chi connectivity index (χ1v) is 11.0. The molecule has 0 aliphatic heterocycles. The zero-order valence-corrected chi connectivity index (χ0v) is 19.0. The number of carbonyl (C=O) groups is 1. The fourth-order valence-corrected chi connectivity index (χ4v) is 3.14. The molecule has 0 unspecified atom stereocenters. The molecule has 3 aromatic rings. The van der Waals surface area contributed by atoms with E-state index in [1.54, 1.807) is 42.5 Å². The maximum absolute atomic E-state index is 12.3. The fourth-order valence-electron chi connectivity index (χ4n) is 3.14. The topological polar surface area (TPSA) is 71.3 Å². The predicted molar refractivity (Wildman–Crippen MR) is 131 cm³/mol. The number of nitriles is 1. The largest absolute Gasteiger partial charge is 0.490 e. The highest BCUT2D eigenvalue weighted by atomic mass is 16.5. The van der Waals surface area contributed by atoms with Crippen molar-refractivity contribution in [1.29, 1.82) is 5.26 Å². The first-order chi connectivity index (χ1) is 16.1. The Labute approximate surface area is 195 Å². The van der Waals surface area contributed by atoms with Gasteiger partial charge in [-0.25, -0.2) is 0 Å². The maximum atomic E-state index is 12.3. The lowest BCUT2D eigenvalue weighted by atomic mass is 9.99. The number of rotatable bonds is 10. The quantitative estimate of drug-likeness (QED) is 0.231. The van der Waals surface area contributed by atoms with Gasteiger partial charge in [-0.15, -0.1) is 0 Å². The molecule has 0 aliphatic carbocycles. The smallest absolute Gasteiger partial charge is 0.266 e. The molecular formula is C28H28N2O3. The van der Waals surface area contributed by atoms with Gasteiger partial charge in [0.1, 0.15) is 36.4 Å².